The van der Waals surface area contributed by atoms with Gasteiger partial charge in [-0.15, -0.1) is 0 Å². The maximum Gasteiger partial charge on any atom is 0.232 e. The third-order valence-corrected chi connectivity index (χ3v) is 5.46. The summed E-state index contributed by atoms with van der Waals surface area (Å²) in [5, 5.41) is 5.65. The Kier molecular flexibility index (Phi) is 5.16. The molecule has 0 unspecified atom stereocenters. The number of carbonyl (C=O) groups excluding carboxylic acids is 3. The van der Waals surface area contributed by atoms with Gasteiger partial charge in [-0.3, -0.25) is 14.4 Å². The van der Waals surface area contributed by atoms with E-state index >= 15 is 0 Å². The zero-order valence-electron chi connectivity index (χ0n) is 16.1. The van der Waals surface area contributed by atoms with E-state index in [0.717, 1.165) is 5.56 Å². The lowest BCUT2D eigenvalue weighted by molar-refractivity contribution is -0.129. The lowest BCUT2D eigenvalue weighted by atomic mass is 9.75. The first kappa shape index (κ1) is 18.9. The topological polar surface area (TPSA) is 84.5 Å². The van der Waals surface area contributed by atoms with Gasteiger partial charge in [0.05, 0.1) is 13.0 Å². The summed E-state index contributed by atoms with van der Waals surface area (Å²) >= 11 is 0. The second-order valence-corrected chi connectivity index (χ2v) is 7.36. The maximum atomic E-state index is 13.0. The summed E-state index contributed by atoms with van der Waals surface area (Å²) in [4.78, 5) is 38.2. The molecule has 0 radical (unpaired) electrons. The number of benzene rings is 2. The van der Waals surface area contributed by atoms with Crippen LogP contribution in [0.25, 0.3) is 0 Å². The molecule has 2 N–H and O–H groups in total. The standard InChI is InChI=1S/C23H22N2O4/c1-29-17-9-5-8-16(12-17)24-23(28)18-13-21(27)25-19-10-15(11-20(26)22(18)19)14-6-3-2-4-7-14/h2-9,12,15,18H,10-11,13H2,1H3,(H,24,28)(H,25,27)/t15-,18-/m1/s1. The van der Waals surface area contributed by atoms with Crippen molar-refractivity contribution in [1.82, 2.24) is 5.32 Å². The van der Waals surface area contributed by atoms with E-state index in [-0.39, 0.29) is 29.9 Å². The summed E-state index contributed by atoms with van der Waals surface area (Å²) in [6, 6.07) is 16.8. The number of carbonyl (C=O) groups is 3. The predicted molar refractivity (Wildman–Crippen MR) is 108 cm³/mol. The van der Waals surface area contributed by atoms with Crippen molar-refractivity contribution >= 4 is 23.3 Å². The third-order valence-electron chi connectivity index (χ3n) is 5.46. The average Bonchev–Trinajstić information content (AvgIpc) is 2.73. The Morgan fingerprint density at radius 2 is 1.83 bits per heavy atom. The fourth-order valence-corrected chi connectivity index (χ4v) is 4.08. The number of ketones is 1. The molecule has 148 valence electrons. The summed E-state index contributed by atoms with van der Waals surface area (Å²) in [7, 11) is 1.55. The molecule has 2 aromatic rings. The summed E-state index contributed by atoms with van der Waals surface area (Å²) in [6.45, 7) is 0. The summed E-state index contributed by atoms with van der Waals surface area (Å²) in [5.74, 6) is -0.838. The zero-order chi connectivity index (χ0) is 20.4. The van der Waals surface area contributed by atoms with Crippen LogP contribution in [0.3, 0.4) is 0 Å². The molecule has 2 aliphatic rings. The highest BCUT2D eigenvalue weighted by Crippen LogP contribution is 2.39. The van der Waals surface area contributed by atoms with Gasteiger partial charge in [-0.2, -0.15) is 0 Å². The molecule has 0 spiro atoms. The number of rotatable bonds is 4. The van der Waals surface area contributed by atoms with Crippen LogP contribution in [0.4, 0.5) is 5.69 Å². The Bertz CT molecular complexity index is 997. The molecule has 29 heavy (non-hydrogen) atoms. The van der Waals surface area contributed by atoms with E-state index in [1.165, 1.54) is 0 Å². The first-order chi connectivity index (χ1) is 14.0. The van der Waals surface area contributed by atoms with E-state index in [2.05, 4.69) is 10.6 Å². The molecule has 1 aliphatic carbocycles. The molecule has 2 aromatic carbocycles. The van der Waals surface area contributed by atoms with Crippen molar-refractivity contribution in [1.29, 1.82) is 0 Å². The van der Waals surface area contributed by atoms with Crippen LogP contribution in [-0.4, -0.2) is 24.7 Å². The smallest absolute Gasteiger partial charge is 0.232 e. The summed E-state index contributed by atoms with van der Waals surface area (Å²) < 4.78 is 5.18. The maximum absolute atomic E-state index is 13.0. The minimum Gasteiger partial charge on any atom is -0.497 e. The number of methoxy groups -OCH3 is 1. The van der Waals surface area contributed by atoms with Crippen LogP contribution in [0, 0.1) is 5.92 Å². The quantitative estimate of drug-likeness (QED) is 0.840. The van der Waals surface area contributed by atoms with Gasteiger partial charge in [-0.1, -0.05) is 36.4 Å². The van der Waals surface area contributed by atoms with E-state index in [1.54, 1.807) is 31.4 Å². The van der Waals surface area contributed by atoms with Crippen molar-refractivity contribution in [2.75, 3.05) is 12.4 Å². The third kappa shape index (κ3) is 3.92. The van der Waals surface area contributed by atoms with Crippen molar-refractivity contribution in [3.8, 4) is 5.75 Å². The molecule has 0 saturated heterocycles. The second-order valence-electron chi connectivity index (χ2n) is 7.36. The van der Waals surface area contributed by atoms with Crippen LogP contribution in [0.1, 0.15) is 30.7 Å². The van der Waals surface area contributed by atoms with Gasteiger partial charge in [0.25, 0.3) is 0 Å². The molecule has 2 amide bonds. The predicted octanol–water partition coefficient (Wildman–Crippen LogP) is 3.17. The van der Waals surface area contributed by atoms with Crippen molar-refractivity contribution in [3.63, 3.8) is 0 Å². The molecule has 6 heteroatoms. The second kappa shape index (κ2) is 7.91. The minimum atomic E-state index is -0.783. The molecule has 0 saturated carbocycles. The van der Waals surface area contributed by atoms with Crippen LogP contribution >= 0.6 is 0 Å². The fourth-order valence-electron chi connectivity index (χ4n) is 4.08. The average molecular weight is 390 g/mol. The van der Waals surface area contributed by atoms with Gasteiger partial charge >= 0.3 is 0 Å². The highest BCUT2D eigenvalue weighted by molar-refractivity contribution is 6.09. The zero-order valence-corrected chi connectivity index (χ0v) is 16.1. The Labute approximate surface area is 168 Å². The SMILES string of the molecule is COc1cccc(NC(=O)[C@@H]2CC(=O)NC3=C2C(=O)C[C@H](c2ccccc2)C3)c1. The largest absolute Gasteiger partial charge is 0.497 e. The fraction of sp³-hybridized carbons (Fsp3) is 0.261. The van der Waals surface area contributed by atoms with E-state index in [9.17, 15) is 14.4 Å². The van der Waals surface area contributed by atoms with Crippen LogP contribution in [-0.2, 0) is 14.4 Å². The molecular weight excluding hydrogens is 368 g/mol. The molecule has 0 fully saturated rings. The first-order valence-electron chi connectivity index (χ1n) is 9.61. The molecule has 0 aromatic heterocycles. The van der Waals surface area contributed by atoms with Crippen LogP contribution in [0.2, 0.25) is 0 Å². The number of hydrogen-bond acceptors (Lipinski definition) is 4. The number of allylic oxidation sites excluding steroid dienone is 1. The van der Waals surface area contributed by atoms with Crippen LogP contribution in [0.5, 0.6) is 5.75 Å². The Morgan fingerprint density at radius 1 is 1.03 bits per heavy atom. The molecule has 4 rings (SSSR count). The Hall–Kier alpha value is -3.41. The van der Waals surface area contributed by atoms with E-state index in [4.69, 9.17) is 4.74 Å². The number of Topliss-reactive ketones (excluding diaryl/α,β-unsaturated/α-hetero) is 1. The molecule has 0 bridgehead atoms. The summed E-state index contributed by atoms with van der Waals surface area (Å²) in [5.41, 5.74) is 2.65. The number of amides is 2. The summed E-state index contributed by atoms with van der Waals surface area (Å²) in [6.07, 6.45) is 0.845. The monoisotopic (exact) mass is 390 g/mol. The van der Waals surface area contributed by atoms with Crippen molar-refractivity contribution in [3.05, 3.63) is 71.4 Å². The van der Waals surface area contributed by atoms with Gasteiger partial charge in [0.1, 0.15) is 5.75 Å². The van der Waals surface area contributed by atoms with Gasteiger partial charge in [-0.25, -0.2) is 0 Å². The van der Waals surface area contributed by atoms with E-state index < -0.39 is 5.92 Å². The molecule has 6 nitrogen and oxygen atoms in total. The lowest BCUT2D eigenvalue weighted by Gasteiger charge is -2.33. The number of anilines is 1. The highest BCUT2D eigenvalue weighted by Gasteiger charge is 2.40. The van der Waals surface area contributed by atoms with Gasteiger partial charge in [-0.05, 0) is 30.0 Å². The van der Waals surface area contributed by atoms with Crippen molar-refractivity contribution in [2.24, 2.45) is 5.92 Å². The number of ether oxygens (including phenoxy) is 1. The molecular formula is C23H22N2O4. The van der Waals surface area contributed by atoms with E-state index in [1.807, 2.05) is 30.3 Å². The molecule has 1 aliphatic heterocycles. The van der Waals surface area contributed by atoms with Gasteiger partial charge < -0.3 is 15.4 Å². The van der Waals surface area contributed by atoms with Crippen molar-refractivity contribution in [2.45, 2.75) is 25.2 Å². The Balaban J connectivity index is 1.60. The van der Waals surface area contributed by atoms with Crippen LogP contribution in [0.15, 0.2) is 65.9 Å². The van der Waals surface area contributed by atoms with Crippen LogP contribution < -0.4 is 15.4 Å². The minimum absolute atomic E-state index is 0.00273. The van der Waals surface area contributed by atoms with Gasteiger partial charge in [0, 0.05) is 35.9 Å². The van der Waals surface area contributed by atoms with Crippen molar-refractivity contribution < 1.29 is 19.1 Å². The number of hydrogen-bond donors (Lipinski definition) is 2. The molecule has 2 atom stereocenters. The highest BCUT2D eigenvalue weighted by atomic mass is 16.5. The normalized spacial score (nSPS) is 21.3. The van der Waals surface area contributed by atoms with E-state index in [0.29, 0.717) is 35.5 Å². The first-order valence-corrected chi connectivity index (χ1v) is 9.61. The number of nitrogens with one attached hydrogen (secondary N) is 2. The van der Waals surface area contributed by atoms with Gasteiger partial charge in [0.15, 0.2) is 5.78 Å². The van der Waals surface area contributed by atoms with Gasteiger partial charge in [0.2, 0.25) is 11.8 Å². The Morgan fingerprint density at radius 3 is 2.59 bits per heavy atom. The lowest BCUT2D eigenvalue weighted by Crippen LogP contribution is -2.43. The molecule has 1 heterocycles.